The second kappa shape index (κ2) is 5.15. The minimum Gasteiger partial charge on any atom is -0.384 e. The maximum atomic E-state index is 11.6. The van der Waals surface area contributed by atoms with Gasteiger partial charge in [0.1, 0.15) is 0 Å². The van der Waals surface area contributed by atoms with Crippen LogP contribution in [0.15, 0.2) is 36.0 Å². The number of hydrogen-bond acceptors (Lipinski definition) is 2. The van der Waals surface area contributed by atoms with E-state index in [2.05, 4.69) is 19.2 Å². The summed E-state index contributed by atoms with van der Waals surface area (Å²) in [4.78, 5) is 11.6. The van der Waals surface area contributed by atoms with E-state index in [1.807, 2.05) is 24.3 Å². The standard InChI is InChI=1S/C15H18ClNO/c1-15(2)8-12(7-13(18)9-15)17-10-11-5-3-4-6-14(11)16/h3-7,17H,8-10H2,1-2H3. The molecule has 0 aliphatic heterocycles. The van der Waals surface area contributed by atoms with E-state index in [9.17, 15) is 4.79 Å². The van der Waals surface area contributed by atoms with Crippen LogP contribution in [-0.4, -0.2) is 5.78 Å². The largest absolute Gasteiger partial charge is 0.384 e. The number of benzene rings is 1. The highest BCUT2D eigenvalue weighted by Gasteiger charge is 2.27. The number of carbonyl (C=O) groups excluding carboxylic acids is 1. The molecule has 96 valence electrons. The summed E-state index contributed by atoms with van der Waals surface area (Å²) >= 11 is 6.10. The molecule has 1 aromatic rings. The second-order valence-electron chi connectivity index (χ2n) is 5.60. The third kappa shape index (κ3) is 3.36. The summed E-state index contributed by atoms with van der Waals surface area (Å²) in [6, 6.07) is 7.75. The first-order valence-electron chi connectivity index (χ1n) is 6.17. The number of carbonyl (C=O) groups is 1. The van der Waals surface area contributed by atoms with Crippen molar-refractivity contribution in [1.29, 1.82) is 0 Å². The Morgan fingerprint density at radius 3 is 2.67 bits per heavy atom. The summed E-state index contributed by atoms with van der Waals surface area (Å²) in [5.41, 5.74) is 2.11. The molecular formula is C15H18ClNO. The van der Waals surface area contributed by atoms with E-state index in [0.717, 1.165) is 22.7 Å². The van der Waals surface area contributed by atoms with E-state index in [1.54, 1.807) is 6.08 Å². The third-order valence-corrected chi connectivity index (χ3v) is 3.49. The SMILES string of the molecule is CC1(C)CC(=O)C=C(NCc2ccccc2Cl)C1. The van der Waals surface area contributed by atoms with Crippen LogP contribution in [0.3, 0.4) is 0 Å². The van der Waals surface area contributed by atoms with Crippen molar-refractivity contribution in [3.05, 3.63) is 46.6 Å². The maximum absolute atomic E-state index is 11.6. The van der Waals surface area contributed by atoms with E-state index in [0.29, 0.717) is 13.0 Å². The number of hydrogen-bond donors (Lipinski definition) is 1. The van der Waals surface area contributed by atoms with Gasteiger partial charge in [-0.25, -0.2) is 0 Å². The Morgan fingerprint density at radius 1 is 1.28 bits per heavy atom. The van der Waals surface area contributed by atoms with Crippen LogP contribution in [0.25, 0.3) is 0 Å². The van der Waals surface area contributed by atoms with Gasteiger partial charge in [-0.1, -0.05) is 43.6 Å². The lowest BCUT2D eigenvalue weighted by Gasteiger charge is -2.29. The van der Waals surface area contributed by atoms with Gasteiger partial charge in [0.25, 0.3) is 0 Å². The number of nitrogens with one attached hydrogen (secondary N) is 1. The quantitative estimate of drug-likeness (QED) is 0.901. The van der Waals surface area contributed by atoms with E-state index >= 15 is 0 Å². The van der Waals surface area contributed by atoms with Crippen LogP contribution in [0.2, 0.25) is 5.02 Å². The molecule has 0 aromatic heterocycles. The van der Waals surface area contributed by atoms with Crippen molar-refractivity contribution in [2.24, 2.45) is 5.41 Å². The summed E-state index contributed by atoms with van der Waals surface area (Å²) in [5.74, 6) is 0.202. The van der Waals surface area contributed by atoms with E-state index in [1.165, 1.54) is 0 Å². The zero-order valence-corrected chi connectivity index (χ0v) is 11.6. The first kappa shape index (κ1) is 13.2. The molecule has 0 fully saturated rings. The molecular weight excluding hydrogens is 246 g/mol. The number of ketones is 1. The van der Waals surface area contributed by atoms with Gasteiger partial charge in [0, 0.05) is 29.8 Å². The summed E-state index contributed by atoms with van der Waals surface area (Å²) in [5, 5.41) is 4.08. The van der Waals surface area contributed by atoms with Crippen molar-refractivity contribution in [3.63, 3.8) is 0 Å². The van der Waals surface area contributed by atoms with Crippen LogP contribution in [-0.2, 0) is 11.3 Å². The van der Waals surface area contributed by atoms with Gasteiger partial charge in [0.15, 0.2) is 5.78 Å². The Bertz CT molecular complexity index is 491. The summed E-state index contributed by atoms with van der Waals surface area (Å²) in [6.07, 6.45) is 3.26. The van der Waals surface area contributed by atoms with E-state index in [-0.39, 0.29) is 11.2 Å². The van der Waals surface area contributed by atoms with Crippen LogP contribution < -0.4 is 5.32 Å². The van der Waals surface area contributed by atoms with Crippen LogP contribution in [0, 0.1) is 5.41 Å². The van der Waals surface area contributed by atoms with Gasteiger partial charge in [0.05, 0.1) is 0 Å². The van der Waals surface area contributed by atoms with E-state index in [4.69, 9.17) is 11.6 Å². The molecule has 1 N–H and O–H groups in total. The Balaban J connectivity index is 2.03. The molecule has 2 nitrogen and oxygen atoms in total. The van der Waals surface area contributed by atoms with Crippen LogP contribution in [0.5, 0.6) is 0 Å². The minimum absolute atomic E-state index is 0.0502. The monoisotopic (exact) mass is 263 g/mol. The van der Waals surface area contributed by atoms with Crippen molar-refractivity contribution in [2.75, 3.05) is 0 Å². The highest BCUT2D eigenvalue weighted by molar-refractivity contribution is 6.31. The Hall–Kier alpha value is -1.28. The van der Waals surface area contributed by atoms with Gasteiger partial charge in [-0.05, 0) is 23.5 Å². The lowest BCUT2D eigenvalue weighted by Crippen LogP contribution is -2.27. The molecule has 0 spiro atoms. The van der Waals surface area contributed by atoms with Crippen molar-refractivity contribution in [3.8, 4) is 0 Å². The Morgan fingerprint density at radius 2 is 2.00 bits per heavy atom. The van der Waals surface area contributed by atoms with E-state index < -0.39 is 0 Å². The molecule has 0 radical (unpaired) electrons. The van der Waals surface area contributed by atoms with Gasteiger partial charge in [-0.15, -0.1) is 0 Å². The lowest BCUT2D eigenvalue weighted by molar-refractivity contribution is -0.117. The normalized spacial score (nSPS) is 18.4. The predicted molar refractivity (Wildman–Crippen MR) is 74.4 cm³/mol. The molecule has 1 aliphatic carbocycles. The lowest BCUT2D eigenvalue weighted by atomic mass is 9.79. The average molecular weight is 264 g/mol. The molecule has 1 aromatic carbocycles. The fourth-order valence-electron chi connectivity index (χ4n) is 2.31. The fourth-order valence-corrected chi connectivity index (χ4v) is 2.51. The van der Waals surface area contributed by atoms with Crippen molar-refractivity contribution < 1.29 is 4.79 Å². The highest BCUT2D eigenvalue weighted by atomic mass is 35.5. The number of rotatable bonds is 3. The molecule has 2 rings (SSSR count). The molecule has 0 unspecified atom stereocenters. The molecule has 0 atom stereocenters. The summed E-state index contributed by atoms with van der Waals surface area (Å²) in [6.45, 7) is 4.90. The number of halogens is 1. The number of allylic oxidation sites excluding steroid dienone is 2. The van der Waals surface area contributed by atoms with Crippen LogP contribution in [0.4, 0.5) is 0 Å². The maximum Gasteiger partial charge on any atom is 0.157 e. The van der Waals surface area contributed by atoms with Crippen LogP contribution in [0.1, 0.15) is 32.3 Å². The molecule has 0 bridgehead atoms. The molecule has 1 aliphatic rings. The van der Waals surface area contributed by atoms with Gasteiger partial charge >= 0.3 is 0 Å². The van der Waals surface area contributed by atoms with Crippen molar-refractivity contribution in [1.82, 2.24) is 5.32 Å². The summed E-state index contributed by atoms with van der Waals surface area (Å²) < 4.78 is 0. The van der Waals surface area contributed by atoms with Crippen molar-refractivity contribution in [2.45, 2.75) is 33.2 Å². The Kier molecular flexibility index (Phi) is 3.76. The van der Waals surface area contributed by atoms with Gasteiger partial charge < -0.3 is 5.32 Å². The van der Waals surface area contributed by atoms with Gasteiger partial charge in [-0.3, -0.25) is 4.79 Å². The summed E-state index contributed by atoms with van der Waals surface area (Å²) in [7, 11) is 0. The van der Waals surface area contributed by atoms with Crippen LogP contribution >= 0.6 is 11.6 Å². The topological polar surface area (TPSA) is 29.1 Å². The molecule has 3 heteroatoms. The average Bonchev–Trinajstić information content (AvgIpc) is 2.25. The highest BCUT2D eigenvalue weighted by Crippen LogP contribution is 2.32. The molecule has 0 amide bonds. The molecule has 0 heterocycles. The van der Waals surface area contributed by atoms with Crippen molar-refractivity contribution >= 4 is 17.4 Å². The predicted octanol–water partition coefficient (Wildman–Crippen LogP) is 3.70. The molecule has 0 saturated heterocycles. The zero-order chi connectivity index (χ0) is 13.2. The first-order chi connectivity index (χ1) is 8.46. The molecule has 18 heavy (non-hydrogen) atoms. The second-order valence-corrected chi connectivity index (χ2v) is 6.01. The smallest absolute Gasteiger partial charge is 0.157 e. The zero-order valence-electron chi connectivity index (χ0n) is 10.8. The first-order valence-corrected chi connectivity index (χ1v) is 6.55. The Labute approximate surface area is 113 Å². The van der Waals surface area contributed by atoms with Gasteiger partial charge in [-0.2, -0.15) is 0 Å². The van der Waals surface area contributed by atoms with Gasteiger partial charge in [0.2, 0.25) is 0 Å². The fraction of sp³-hybridized carbons (Fsp3) is 0.400. The minimum atomic E-state index is 0.0502. The third-order valence-electron chi connectivity index (χ3n) is 3.12. The molecule has 0 saturated carbocycles.